The summed E-state index contributed by atoms with van der Waals surface area (Å²) in [7, 11) is 0. The molecule has 0 spiro atoms. The van der Waals surface area contributed by atoms with Crippen LogP contribution in [0.3, 0.4) is 0 Å². The fourth-order valence-electron chi connectivity index (χ4n) is 6.60. The van der Waals surface area contributed by atoms with Crippen LogP contribution in [0, 0.1) is 17.8 Å². The normalized spacial score (nSPS) is 40.8. The minimum absolute atomic E-state index is 0.613. The molecule has 5 fully saturated rings. The van der Waals surface area contributed by atoms with E-state index >= 15 is 0 Å². The van der Waals surface area contributed by atoms with E-state index in [9.17, 15) is 0 Å². The van der Waals surface area contributed by atoms with Crippen LogP contribution >= 0.6 is 0 Å². The first kappa shape index (κ1) is 14.5. The molecule has 4 heteroatoms. The number of hydrogen-bond acceptors (Lipinski definition) is 3. The first-order valence-electron chi connectivity index (χ1n) is 9.75. The number of rotatable bonds is 4. The molecule has 4 bridgehead atoms. The van der Waals surface area contributed by atoms with Crippen molar-refractivity contribution in [2.24, 2.45) is 17.8 Å². The Morgan fingerprint density at radius 1 is 1.00 bits per heavy atom. The van der Waals surface area contributed by atoms with E-state index < -0.39 is 0 Å². The van der Waals surface area contributed by atoms with Crippen molar-refractivity contribution in [1.82, 2.24) is 19.8 Å². The highest BCUT2D eigenvalue weighted by atomic mass is 15.3. The lowest BCUT2D eigenvalue weighted by Gasteiger charge is -2.61. The smallest absolute Gasteiger partial charge is 0.107 e. The molecule has 0 radical (unpaired) electrons. The Labute approximate surface area is 139 Å². The molecule has 1 aromatic heterocycles. The van der Waals surface area contributed by atoms with Gasteiger partial charge in [-0.1, -0.05) is 0 Å². The Bertz CT molecular complexity index is 494. The summed E-state index contributed by atoms with van der Waals surface area (Å²) in [6, 6.07) is 0. The Hall–Kier alpha value is -0.870. The van der Waals surface area contributed by atoms with Gasteiger partial charge in [0.25, 0.3) is 0 Å². The van der Waals surface area contributed by atoms with E-state index in [2.05, 4.69) is 19.8 Å². The molecule has 0 amide bonds. The average Bonchev–Trinajstić information content (AvgIpc) is 3.05. The van der Waals surface area contributed by atoms with Crippen molar-refractivity contribution >= 4 is 0 Å². The molecule has 1 aromatic rings. The van der Waals surface area contributed by atoms with Gasteiger partial charge in [-0.15, -0.1) is 0 Å². The molecule has 0 aromatic carbocycles. The van der Waals surface area contributed by atoms with Gasteiger partial charge in [0.15, 0.2) is 0 Å². The summed E-state index contributed by atoms with van der Waals surface area (Å²) in [6.45, 7) is 6.25. The van der Waals surface area contributed by atoms with E-state index in [1.54, 1.807) is 19.3 Å². The highest BCUT2D eigenvalue weighted by Gasteiger charge is 2.53. The molecule has 0 unspecified atom stereocenters. The summed E-state index contributed by atoms with van der Waals surface area (Å²) < 4.78 is 0. The van der Waals surface area contributed by atoms with E-state index in [1.165, 1.54) is 45.4 Å². The van der Waals surface area contributed by atoms with Crippen LogP contribution in [0.2, 0.25) is 0 Å². The molecule has 1 saturated heterocycles. The lowest BCUT2D eigenvalue weighted by atomic mass is 9.52. The van der Waals surface area contributed by atoms with Gasteiger partial charge in [0.2, 0.25) is 0 Å². The second kappa shape index (κ2) is 5.59. The molecule has 4 aliphatic carbocycles. The highest BCUT2D eigenvalue weighted by Crippen LogP contribution is 2.57. The predicted octanol–water partition coefficient (Wildman–Crippen LogP) is 2.54. The number of H-pyrrole nitrogens is 1. The van der Waals surface area contributed by atoms with Crippen LogP contribution in [0.15, 0.2) is 12.4 Å². The molecule has 6 rings (SSSR count). The monoisotopic (exact) mass is 314 g/mol. The molecular weight excluding hydrogens is 284 g/mol. The van der Waals surface area contributed by atoms with Crippen LogP contribution < -0.4 is 0 Å². The second-order valence-electron chi connectivity index (χ2n) is 8.76. The Morgan fingerprint density at radius 3 is 2.22 bits per heavy atom. The summed E-state index contributed by atoms with van der Waals surface area (Å²) >= 11 is 0. The van der Waals surface area contributed by atoms with Gasteiger partial charge < -0.3 is 9.88 Å². The van der Waals surface area contributed by atoms with Crippen LogP contribution in [-0.4, -0.2) is 58.0 Å². The Morgan fingerprint density at radius 2 is 1.65 bits per heavy atom. The molecule has 0 atom stereocenters. The van der Waals surface area contributed by atoms with Crippen molar-refractivity contribution in [2.75, 3.05) is 32.7 Å². The maximum Gasteiger partial charge on any atom is 0.107 e. The minimum atomic E-state index is 0.613. The quantitative estimate of drug-likeness (QED) is 0.927. The van der Waals surface area contributed by atoms with Gasteiger partial charge >= 0.3 is 0 Å². The molecule has 4 saturated carbocycles. The fraction of sp³-hybridized carbons (Fsp3) is 0.842. The third-order valence-electron chi connectivity index (χ3n) is 7.27. The predicted molar refractivity (Wildman–Crippen MR) is 91.2 cm³/mol. The van der Waals surface area contributed by atoms with Gasteiger partial charge in [-0.2, -0.15) is 0 Å². The first-order chi connectivity index (χ1) is 11.3. The number of piperazine rings is 1. The van der Waals surface area contributed by atoms with Crippen molar-refractivity contribution < 1.29 is 0 Å². The molecule has 23 heavy (non-hydrogen) atoms. The third-order valence-corrected chi connectivity index (χ3v) is 7.27. The van der Waals surface area contributed by atoms with E-state index in [4.69, 9.17) is 0 Å². The molecule has 5 aliphatic rings. The summed E-state index contributed by atoms with van der Waals surface area (Å²) in [5, 5.41) is 0. The highest BCUT2D eigenvalue weighted by molar-refractivity contribution is 5.08. The summed E-state index contributed by atoms with van der Waals surface area (Å²) in [6.07, 6.45) is 14.1. The van der Waals surface area contributed by atoms with Crippen molar-refractivity contribution in [2.45, 2.75) is 50.5 Å². The summed E-state index contributed by atoms with van der Waals surface area (Å²) in [5.74, 6) is 4.34. The van der Waals surface area contributed by atoms with Crippen molar-refractivity contribution in [1.29, 1.82) is 0 Å². The second-order valence-corrected chi connectivity index (χ2v) is 8.76. The SMILES string of the molecule is c1c[nH]c(CCN2CCN(C34CC5CC(CC(C5)C3)C4)CC2)n1. The zero-order chi connectivity index (χ0) is 15.3. The molecule has 1 aliphatic heterocycles. The molecule has 4 nitrogen and oxygen atoms in total. The summed E-state index contributed by atoms with van der Waals surface area (Å²) in [4.78, 5) is 13.1. The molecule has 1 N–H and O–H groups in total. The largest absolute Gasteiger partial charge is 0.349 e. The fourth-order valence-corrected chi connectivity index (χ4v) is 6.60. The van der Waals surface area contributed by atoms with Crippen molar-refractivity contribution in [3.8, 4) is 0 Å². The maximum absolute atomic E-state index is 4.35. The van der Waals surface area contributed by atoms with Gasteiger partial charge in [-0.3, -0.25) is 4.90 Å². The van der Waals surface area contributed by atoms with Gasteiger partial charge in [-0.05, 0) is 56.3 Å². The van der Waals surface area contributed by atoms with Crippen molar-refractivity contribution in [3.63, 3.8) is 0 Å². The number of imidazole rings is 1. The average molecular weight is 314 g/mol. The van der Waals surface area contributed by atoms with E-state index in [0.717, 1.165) is 36.5 Å². The summed E-state index contributed by atoms with van der Waals surface area (Å²) in [5.41, 5.74) is 0.613. The van der Waals surface area contributed by atoms with Crippen LogP contribution in [0.5, 0.6) is 0 Å². The van der Waals surface area contributed by atoms with Crippen LogP contribution in [0.25, 0.3) is 0 Å². The van der Waals surface area contributed by atoms with E-state index in [1.807, 2.05) is 12.4 Å². The number of nitrogens with zero attached hydrogens (tertiary/aromatic N) is 3. The molecule has 126 valence electrons. The Kier molecular flexibility index (Phi) is 3.52. The number of aromatic amines is 1. The number of aromatic nitrogens is 2. The third kappa shape index (κ3) is 2.64. The lowest BCUT2D eigenvalue weighted by Crippen LogP contribution is -2.63. The van der Waals surface area contributed by atoms with Crippen molar-refractivity contribution in [3.05, 3.63) is 18.2 Å². The topological polar surface area (TPSA) is 35.2 Å². The standard InChI is InChI=1S/C19H30N4/c1(18-20-2-3-21-18)4-22-5-7-23(8-6-22)19-12-15-9-16(13-19)11-17(10-15)14-19/h2-3,15-17H,1,4-14H2,(H,20,21). The van der Waals surface area contributed by atoms with Gasteiger partial charge in [-0.25, -0.2) is 4.98 Å². The van der Waals surface area contributed by atoms with E-state index in [0.29, 0.717) is 5.54 Å². The van der Waals surface area contributed by atoms with Crippen LogP contribution in [0.1, 0.15) is 44.3 Å². The Balaban J connectivity index is 1.18. The number of nitrogens with one attached hydrogen (secondary N) is 1. The van der Waals surface area contributed by atoms with Gasteiger partial charge in [0.1, 0.15) is 5.82 Å². The molecular formula is C19H30N4. The maximum atomic E-state index is 4.35. The zero-order valence-electron chi connectivity index (χ0n) is 14.2. The van der Waals surface area contributed by atoms with E-state index in [-0.39, 0.29) is 0 Å². The van der Waals surface area contributed by atoms with Crippen LogP contribution in [0.4, 0.5) is 0 Å². The van der Waals surface area contributed by atoms with Gasteiger partial charge in [0.05, 0.1) is 0 Å². The number of hydrogen-bond donors (Lipinski definition) is 1. The van der Waals surface area contributed by atoms with Gasteiger partial charge in [0, 0.05) is 57.1 Å². The first-order valence-corrected chi connectivity index (χ1v) is 9.75. The molecule has 2 heterocycles. The zero-order valence-corrected chi connectivity index (χ0v) is 14.2. The minimum Gasteiger partial charge on any atom is -0.349 e. The van der Waals surface area contributed by atoms with Crippen LogP contribution in [-0.2, 0) is 6.42 Å². The lowest BCUT2D eigenvalue weighted by molar-refractivity contribution is -0.101.